The van der Waals surface area contributed by atoms with Crippen LogP contribution >= 0.6 is 11.8 Å². The van der Waals surface area contributed by atoms with Gasteiger partial charge in [-0.3, -0.25) is 9.59 Å². The van der Waals surface area contributed by atoms with Gasteiger partial charge in [0.2, 0.25) is 5.91 Å². The second kappa shape index (κ2) is 7.06. The molecule has 4 nitrogen and oxygen atoms in total. The van der Waals surface area contributed by atoms with Gasteiger partial charge in [0.05, 0.1) is 0 Å². The number of thioether (sulfide) groups is 1. The summed E-state index contributed by atoms with van der Waals surface area (Å²) in [7, 11) is 0. The van der Waals surface area contributed by atoms with Crippen LogP contribution in [0.25, 0.3) is 0 Å². The van der Waals surface area contributed by atoms with E-state index >= 15 is 0 Å². The third-order valence-electron chi connectivity index (χ3n) is 2.51. The summed E-state index contributed by atoms with van der Waals surface area (Å²) in [5.41, 5.74) is 2.48. The summed E-state index contributed by atoms with van der Waals surface area (Å²) in [5.74, 6) is -0.604. The zero-order valence-electron chi connectivity index (χ0n) is 10.5. The van der Waals surface area contributed by atoms with Crippen molar-refractivity contribution in [1.29, 1.82) is 0 Å². The number of carbonyl (C=O) groups excluding carboxylic acids is 1. The van der Waals surface area contributed by atoms with Gasteiger partial charge in [0, 0.05) is 17.1 Å². The van der Waals surface area contributed by atoms with Gasteiger partial charge in [-0.25, -0.2) is 0 Å². The maximum absolute atomic E-state index is 11.3. The summed E-state index contributed by atoms with van der Waals surface area (Å²) in [6.45, 7) is 3.80. The van der Waals surface area contributed by atoms with Gasteiger partial charge in [-0.1, -0.05) is 6.07 Å². The van der Waals surface area contributed by atoms with E-state index in [2.05, 4.69) is 31.3 Å². The highest BCUT2D eigenvalue weighted by molar-refractivity contribution is 7.99. The summed E-state index contributed by atoms with van der Waals surface area (Å²) >= 11 is 1.60. The largest absolute Gasteiger partial charge is 0.480 e. The van der Waals surface area contributed by atoms with Gasteiger partial charge in [-0.2, -0.15) is 0 Å². The molecule has 0 heterocycles. The number of hydrogen-bond acceptors (Lipinski definition) is 3. The number of aryl methyl sites for hydroxylation is 2. The predicted molar refractivity (Wildman–Crippen MR) is 71.9 cm³/mol. The van der Waals surface area contributed by atoms with E-state index in [1.165, 1.54) is 11.1 Å². The predicted octanol–water partition coefficient (Wildman–Crippen LogP) is 1.99. The number of aliphatic carboxylic acids is 1. The van der Waals surface area contributed by atoms with Crippen LogP contribution in [0.3, 0.4) is 0 Å². The Kier molecular flexibility index (Phi) is 5.71. The van der Waals surface area contributed by atoms with Crippen molar-refractivity contribution in [2.75, 3.05) is 12.3 Å². The lowest BCUT2D eigenvalue weighted by Crippen LogP contribution is -2.29. The fourth-order valence-corrected chi connectivity index (χ4v) is 2.28. The number of rotatable bonds is 6. The van der Waals surface area contributed by atoms with Gasteiger partial charge in [-0.05, 0) is 37.1 Å². The van der Waals surface area contributed by atoms with Crippen LogP contribution in [0.1, 0.15) is 17.5 Å². The molecule has 0 aliphatic carbocycles. The summed E-state index contributed by atoms with van der Waals surface area (Å²) in [6.07, 6.45) is 0.324. The second-order valence-electron chi connectivity index (χ2n) is 4.01. The lowest BCUT2D eigenvalue weighted by atomic mass is 10.1. The van der Waals surface area contributed by atoms with E-state index < -0.39 is 5.97 Å². The average molecular weight is 267 g/mol. The third kappa shape index (κ3) is 5.23. The molecule has 98 valence electrons. The quantitative estimate of drug-likeness (QED) is 0.774. The molecule has 1 amide bonds. The van der Waals surface area contributed by atoms with Crippen LogP contribution in [0.4, 0.5) is 0 Å². The highest BCUT2D eigenvalue weighted by Gasteiger charge is 2.04. The zero-order valence-corrected chi connectivity index (χ0v) is 11.3. The minimum absolute atomic E-state index is 0.228. The van der Waals surface area contributed by atoms with E-state index in [0.717, 1.165) is 4.90 Å². The normalized spacial score (nSPS) is 10.1. The van der Waals surface area contributed by atoms with Crippen molar-refractivity contribution in [2.24, 2.45) is 0 Å². The third-order valence-corrected chi connectivity index (χ3v) is 3.51. The monoisotopic (exact) mass is 267 g/mol. The Morgan fingerprint density at radius 3 is 2.61 bits per heavy atom. The van der Waals surface area contributed by atoms with Gasteiger partial charge < -0.3 is 10.4 Å². The van der Waals surface area contributed by atoms with Crippen LogP contribution in [0.5, 0.6) is 0 Å². The van der Waals surface area contributed by atoms with Crippen molar-refractivity contribution in [3.05, 3.63) is 29.3 Å². The van der Waals surface area contributed by atoms with Crippen molar-refractivity contribution < 1.29 is 14.7 Å². The number of benzene rings is 1. The minimum Gasteiger partial charge on any atom is -0.480 e. The number of amides is 1. The first-order valence-corrected chi connectivity index (χ1v) is 6.66. The first-order chi connectivity index (χ1) is 8.49. The molecule has 0 fully saturated rings. The van der Waals surface area contributed by atoms with Gasteiger partial charge in [0.1, 0.15) is 6.54 Å². The summed E-state index contributed by atoms with van der Waals surface area (Å²) in [5, 5.41) is 10.7. The lowest BCUT2D eigenvalue weighted by molar-refractivity contribution is -0.137. The molecule has 0 saturated heterocycles. The molecule has 1 aromatic carbocycles. The lowest BCUT2D eigenvalue weighted by Gasteiger charge is -2.05. The molecule has 0 radical (unpaired) electrons. The van der Waals surface area contributed by atoms with Gasteiger partial charge in [-0.15, -0.1) is 11.8 Å². The number of carboxylic acid groups (broad SMARTS) is 1. The highest BCUT2D eigenvalue weighted by Crippen LogP contribution is 2.21. The molecule has 5 heteroatoms. The molecule has 0 unspecified atom stereocenters. The molecule has 0 bridgehead atoms. The first-order valence-electron chi connectivity index (χ1n) is 5.67. The van der Waals surface area contributed by atoms with Crippen LogP contribution in [0, 0.1) is 13.8 Å². The van der Waals surface area contributed by atoms with Crippen LogP contribution in [-0.4, -0.2) is 29.3 Å². The van der Waals surface area contributed by atoms with Crippen molar-refractivity contribution in [2.45, 2.75) is 25.2 Å². The van der Waals surface area contributed by atoms with E-state index in [1.807, 2.05) is 6.07 Å². The van der Waals surface area contributed by atoms with Crippen LogP contribution in [-0.2, 0) is 9.59 Å². The fraction of sp³-hybridized carbons (Fsp3) is 0.385. The number of hydrogen-bond donors (Lipinski definition) is 2. The Morgan fingerprint density at radius 2 is 2.00 bits per heavy atom. The van der Waals surface area contributed by atoms with Crippen LogP contribution in [0.2, 0.25) is 0 Å². The molecule has 0 spiro atoms. The molecule has 0 atom stereocenters. The molecule has 0 saturated carbocycles. The number of nitrogens with one attached hydrogen (secondary N) is 1. The molecule has 0 aromatic heterocycles. The standard InChI is InChI=1S/C13H17NO3S/c1-9-3-4-11(7-10(9)2)18-6-5-12(15)14-8-13(16)17/h3-4,7H,5-6,8H2,1-2H3,(H,14,15)(H,16,17). The fourth-order valence-electron chi connectivity index (χ4n) is 1.33. The number of carboxylic acids is 1. The van der Waals surface area contributed by atoms with Gasteiger partial charge in [0.15, 0.2) is 0 Å². The molecule has 0 aliphatic rings. The first kappa shape index (κ1) is 14.6. The number of carbonyl (C=O) groups is 2. The zero-order chi connectivity index (χ0) is 13.5. The van der Waals surface area contributed by atoms with Crippen molar-refractivity contribution >= 4 is 23.6 Å². The van der Waals surface area contributed by atoms with Crippen molar-refractivity contribution in [1.82, 2.24) is 5.32 Å². The van der Waals surface area contributed by atoms with Gasteiger partial charge in [0.25, 0.3) is 0 Å². The summed E-state index contributed by atoms with van der Waals surface area (Å²) < 4.78 is 0. The van der Waals surface area contributed by atoms with E-state index in [1.54, 1.807) is 11.8 Å². The summed E-state index contributed by atoms with van der Waals surface area (Å²) in [4.78, 5) is 22.6. The Labute approximate surface area is 111 Å². The Hall–Kier alpha value is -1.49. The van der Waals surface area contributed by atoms with Gasteiger partial charge >= 0.3 is 5.97 Å². The molecule has 1 rings (SSSR count). The average Bonchev–Trinajstić information content (AvgIpc) is 2.31. The Balaban J connectivity index is 2.30. The van der Waals surface area contributed by atoms with E-state index in [0.29, 0.717) is 12.2 Å². The topological polar surface area (TPSA) is 66.4 Å². The Morgan fingerprint density at radius 1 is 1.28 bits per heavy atom. The van der Waals surface area contributed by atoms with Crippen molar-refractivity contribution in [3.63, 3.8) is 0 Å². The van der Waals surface area contributed by atoms with Crippen LogP contribution < -0.4 is 5.32 Å². The maximum atomic E-state index is 11.3. The van der Waals surface area contributed by atoms with Crippen molar-refractivity contribution in [3.8, 4) is 0 Å². The molecule has 1 aromatic rings. The summed E-state index contributed by atoms with van der Waals surface area (Å²) in [6, 6.07) is 6.18. The molecule has 2 N–H and O–H groups in total. The van der Waals surface area contributed by atoms with E-state index in [-0.39, 0.29) is 12.5 Å². The maximum Gasteiger partial charge on any atom is 0.322 e. The smallest absolute Gasteiger partial charge is 0.322 e. The van der Waals surface area contributed by atoms with Crippen LogP contribution in [0.15, 0.2) is 23.1 Å². The van der Waals surface area contributed by atoms with E-state index in [4.69, 9.17) is 5.11 Å². The Bertz CT molecular complexity index is 446. The molecular weight excluding hydrogens is 250 g/mol. The van der Waals surface area contributed by atoms with E-state index in [9.17, 15) is 9.59 Å². The SMILES string of the molecule is Cc1ccc(SCCC(=O)NCC(=O)O)cc1C. The molecular formula is C13H17NO3S. The molecule has 0 aliphatic heterocycles. The minimum atomic E-state index is -1.02. The second-order valence-corrected chi connectivity index (χ2v) is 5.18. The molecule has 18 heavy (non-hydrogen) atoms. The highest BCUT2D eigenvalue weighted by atomic mass is 32.2.